The molecule has 8 nitrogen and oxygen atoms in total. The molecule has 0 aliphatic carbocycles. The van der Waals surface area contributed by atoms with Gasteiger partial charge >= 0.3 is 0 Å². The van der Waals surface area contributed by atoms with Crippen LogP contribution in [0, 0.1) is 6.92 Å². The van der Waals surface area contributed by atoms with Gasteiger partial charge in [-0.25, -0.2) is 13.1 Å². The van der Waals surface area contributed by atoms with Gasteiger partial charge in [-0.2, -0.15) is 0 Å². The second-order valence-electron chi connectivity index (χ2n) is 6.96. The Kier molecular flexibility index (Phi) is 6.42. The Balaban J connectivity index is 1.55. The molecule has 2 amide bonds. The van der Waals surface area contributed by atoms with Gasteiger partial charge in [0.05, 0.1) is 31.1 Å². The first-order valence-corrected chi connectivity index (χ1v) is 11.1. The first kappa shape index (κ1) is 21.8. The molecule has 9 heteroatoms. The Labute approximate surface area is 175 Å². The summed E-state index contributed by atoms with van der Waals surface area (Å²) in [6.45, 7) is 1.81. The molecule has 0 bridgehead atoms. The van der Waals surface area contributed by atoms with Crippen LogP contribution in [0.4, 0.5) is 0 Å². The average Bonchev–Trinajstić information content (AvgIpc) is 2.95. The van der Waals surface area contributed by atoms with E-state index in [9.17, 15) is 18.0 Å². The van der Waals surface area contributed by atoms with Gasteiger partial charge in [0.15, 0.2) is 11.5 Å². The Hall–Kier alpha value is -2.91. The molecular formula is C21H24N2O6S. The lowest BCUT2D eigenvalue weighted by molar-refractivity contribution is 0.0664. The summed E-state index contributed by atoms with van der Waals surface area (Å²) < 4.78 is 37.6. The quantitative estimate of drug-likeness (QED) is 0.606. The fourth-order valence-corrected chi connectivity index (χ4v) is 4.26. The van der Waals surface area contributed by atoms with Crippen LogP contribution in [0.5, 0.6) is 11.5 Å². The Morgan fingerprint density at radius 1 is 0.933 bits per heavy atom. The monoisotopic (exact) mass is 432 g/mol. The number of carbonyl (C=O) groups excluding carboxylic acids is 2. The molecule has 3 rings (SSSR count). The number of rotatable bonds is 9. The molecule has 160 valence electrons. The van der Waals surface area contributed by atoms with E-state index in [-0.39, 0.29) is 18.8 Å². The Morgan fingerprint density at radius 2 is 1.63 bits per heavy atom. The molecule has 0 spiro atoms. The minimum atomic E-state index is -3.66. The fraction of sp³-hybridized carbons (Fsp3) is 0.333. The summed E-state index contributed by atoms with van der Waals surface area (Å²) in [4.78, 5) is 25.9. The summed E-state index contributed by atoms with van der Waals surface area (Å²) in [6.07, 6.45) is 0.450. The van der Waals surface area contributed by atoms with E-state index < -0.39 is 21.8 Å². The summed E-state index contributed by atoms with van der Waals surface area (Å²) in [5.41, 5.74) is 2.37. The van der Waals surface area contributed by atoms with Crippen molar-refractivity contribution in [1.29, 1.82) is 0 Å². The fourth-order valence-electron chi connectivity index (χ4n) is 3.28. The maximum atomic E-state index is 12.5. The zero-order valence-corrected chi connectivity index (χ0v) is 17.9. The molecule has 1 aliphatic heterocycles. The number of ether oxygens (including phenoxy) is 2. The predicted octanol–water partition coefficient (Wildman–Crippen LogP) is 1.77. The van der Waals surface area contributed by atoms with E-state index in [1.54, 1.807) is 37.4 Å². The molecule has 1 heterocycles. The zero-order chi connectivity index (χ0) is 21.9. The second-order valence-corrected chi connectivity index (χ2v) is 8.89. The number of carbonyl (C=O) groups is 2. The van der Waals surface area contributed by atoms with E-state index in [4.69, 9.17) is 9.47 Å². The van der Waals surface area contributed by atoms with Gasteiger partial charge in [-0.3, -0.25) is 14.5 Å². The summed E-state index contributed by atoms with van der Waals surface area (Å²) >= 11 is 0. The summed E-state index contributed by atoms with van der Waals surface area (Å²) in [6, 6.07) is 10.4. The third-order valence-electron chi connectivity index (χ3n) is 4.89. The van der Waals surface area contributed by atoms with Crippen LogP contribution in [-0.2, 0) is 16.4 Å². The molecule has 2 aromatic carbocycles. The molecule has 0 unspecified atom stereocenters. The standard InChI is InChI=1S/C21H24N2O6S/c1-14-4-6-16-17(12-14)21(25)23(20(16)24)10-11-30(26,27)22-9-8-15-5-7-18(28-2)19(13-15)29-3/h4-7,12-13,22H,8-11H2,1-3H3. The van der Waals surface area contributed by atoms with Gasteiger partial charge in [-0.05, 0) is 43.2 Å². The van der Waals surface area contributed by atoms with Crippen molar-refractivity contribution in [3.8, 4) is 11.5 Å². The van der Waals surface area contributed by atoms with Crippen LogP contribution in [0.25, 0.3) is 0 Å². The number of hydrogen-bond donors (Lipinski definition) is 1. The van der Waals surface area contributed by atoms with Crippen molar-refractivity contribution in [1.82, 2.24) is 9.62 Å². The number of methoxy groups -OCH3 is 2. The molecule has 1 aliphatic rings. The first-order valence-electron chi connectivity index (χ1n) is 9.41. The molecule has 0 fully saturated rings. The molecule has 0 atom stereocenters. The van der Waals surface area contributed by atoms with Crippen LogP contribution >= 0.6 is 0 Å². The number of nitrogens with one attached hydrogen (secondary N) is 1. The average molecular weight is 432 g/mol. The maximum absolute atomic E-state index is 12.5. The normalized spacial score (nSPS) is 13.5. The van der Waals surface area contributed by atoms with Gasteiger partial charge in [-0.1, -0.05) is 17.7 Å². The number of nitrogens with zero attached hydrogens (tertiary/aromatic N) is 1. The summed E-state index contributed by atoms with van der Waals surface area (Å²) in [5, 5.41) is 0. The van der Waals surface area contributed by atoms with Crippen molar-refractivity contribution >= 4 is 21.8 Å². The second kappa shape index (κ2) is 8.85. The van der Waals surface area contributed by atoms with E-state index in [2.05, 4.69) is 4.72 Å². The van der Waals surface area contributed by atoms with Gasteiger partial charge in [0.1, 0.15) is 0 Å². The molecule has 0 aromatic heterocycles. The van der Waals surface area contributed by atoms with Crippen molar-refractivity contribution in [3.05, 3.63) is 58.7 Å². The number of sulfonamides is 1. The lowest BCUT2D eigenvalue weighted by atomic mass is 10.1. The number of fused-ring (bicyclic) bond motifs is 1. The van der Waals surface area contributed by atoms with Crippen molar-refractivity contribution in [2.45, 2.75) is 13.3 Å². The van der Waals surface area contributed by atoms with Gasteiger partial charge in [0.25, 0.3) is 11.8 Å². The number of amides is 2. The van der Waals surface area contributed by atoms with Crippen LogP contribution < -0.4 is 14.2 Å². The van der Waals surface area contributed by atoms with E-state index in [1.165, 1.54) is 7.11 Å². The minimum Gasteiger partial charge on any atom is -0.493 e. The van der Waals surface area contributed by atoms with Gasteiger partial charge < -0.3 is 9.47 Å². The van der Waals surface area contributed by atoms with E-state index in [1.807, 2.05) is 13.0 Å². The highest BCUT2D eigenvalue weighted by Gasteiger charge is 2.35. The summed E-state index contributed by atoms with van der Waals surface area (Å²) in [7, 11) is -0.587. The molecule has 30 heavy (non-hydrogen) atoms. The van der Waals surface area contributed by atoms with Crippen molar-refractivity contribution in [2.24, 2.45) is 0 Å². The highest BCUT2D eigenvalue weighted by molar-refractivity contribution is 7.89. The molecule has 0 saturated carbocycles. The topological polar surface area (TPSA) is 102 Å². The number of benzene rings is 2. The van der Waals surface area contributed by atoms with Crippen LogP contribution in [0.1, 0.15) is 31.8 Å². The van der Waals surface area contributed by atoms with Crippen LogP contribution in [0.15, 0.2) is 36.4 Å². The lowest BCUT2D eigenvalue weighted by Crippen LogP contribution is -2.38. The van der Waals surface area contributed by atoms with Crippen molar-refractivity contribution in [3.63, 3.8) is 0 Å². The highest BCUT2D eigenvalue weighted by atomic mass is 32.2. The van der Waals surface area contributed by atoms with E-state index >= 15 is 0 Å². The molecule has 2 aromatic rings. The molecular weight excluding hydrogens is 408 g/mol. The smallest absolute Gasteiger partial charge is 0.261 e. The molecule has 0 saturated heterocycles. The van der Waals surface area contributed by atoms with E-state index in [0.29, 0.717) is 29.0 Å². The predicted molar refractivity (Wildman–Crippen MR) is 112 cm³/mol. The van der Waals surface area contributed by atoms with Crippen molar-refractivity contribution < 1.29 is 27.5 Å². The summed E-state index contributed by atoms with van der Waals surface area (Å²) in [5.74, 6) is -0.116. The van der Waals surface area contributed by atoms with Crippen LogP contribution in [0.3, 0.4) is 0 Å². The van der Waals surface area contributed by atoms with E-state index in [0.717, 1.165) is 16.0 Å². The largest absolute Gasteiger partial charge is 0.493 e. The third kappa shape index (κ3) is 4.63. The maximum Gasteiger partial charge on any atom is 0.261 e. The number of imide groups is 1. The Bertz CT molecular complexity index is 1080. The van der Waals surface area contributed by atoms with Gasteiger partial charge in [0.2, 0.25) is 10.0 Å². The molecule has 0 radical (unpaired) electrons. The minimum absolute atomic E-state index is 0.180. The third-order valence-corrected chi connectivity index (χ3v) is 6.26. The SMILES string of the molecule is COc1ccc(CCNS(=O)(=O)CCN2C(=O)c3ccc(C)cc3C2=O)cc1OC. The highest BCUT2D eigenvalue weighted by Crippen LogP contribution is 2.27. The van der Waals surface area contributed by atoms with Gasteiger partial charge in [-0.15, -0.1) is 0 Å². The van der Waals surface area contributed by atoms with Gasteiger partial charge in [0, 0.05) is 13.1 Å². The van der Waals surface area contributed by atoms with Crippen LogP contribution in [0.2, 0.25) is 0 Å². The van der Waals surface area contributed by atoms with Crippen molar-refractivity contribution in [2.75, 3.05) is 33.1 Å². The Morgan fingerprint density at radius 3 is 2.33 bits per heavy atom. The zero-order valence-electron chi connectivity index (χ0n) is 17.1. The lowest BCUT2D eigenvalue weighted by Gasteiger charge is -2.14. The molecule has 1 N–H and O–H groups in total. The number of aryl methyl sites for hydroxylation is 1. The van der Waals surface area contributed by atoms with Crippen LogP contribution in [-0.4, -0.2) is 58.2 Å². The number of hydrogen-bond acceptors (Lipinski definition) is 6. The first-order chi connectivity index (χ1) is 14.3.